The van der Waals surface area contributed by atoms with Crippen LogP contribution in [0, 0.1) is 6.92 Å². The number of hydrogen-bond acceptors (Lipinski definition) is 7. The molecule has 0 spiro atoms. The minimum absolute atomic E-state index is 0.195. The highest BCUT2D eigenvalue weighted by atomic mass is 16.1. The third kappa shape index (κ3) is 3.78. The maximum Gasteiger partial charge on any atom is 0.259 e. The number of nitrogens with zero attached hydrogens (tertiary/aromatic N) is 5. The van der Waals surface area contributed by atoms with Crippen LogP contribution < -0.4 is 16.2 Å². The van der Waals surface area contributed by atoms with E-state index in [0.717, 1.165) is 43.6 Å². The smallest absolute Gasteiger partial charge is 0.259 e. The molecule has 1 saturated carbocycles. The first-order valence-corrected chi connectivity index (χ1v) is 10.4. The van der Waals surface area contributed by atoms with Crippen LogP contribution in [-0.2, 0) is 0 Å². The van der Waals surface area contributed by atoms with E-state index in [4.69, 9.17) is 5.73 Å². The Morgan fingerprint density at radius 2 is 1.97 bits per heavy atom. The number of fused-ring (bicyclic) bond motifs is 1. The third-order valence-electron chi connectivity index (χ3n) is 5.81. The van der Waals surface area contributed by atoms with E-state index in [0.29, 0.717) is 28.1 Å². The van der Waals surface area contributed by atoms with Crippen molar-refractivity contribution in [3.63, 3.8) is 0 Å². The van der Waals surface area contributed by atoms with Gasteiger partial charge in [0.25, 0.3) is 5.56 Å². The van der Waals surface area contributed by atoms with Gasteiger partial charge in [0.1, 0.15) is 0 Å². The molecule has 2 aliphatic rings. The van der Waals surface area contributed by atoms with Crippen molar-refractivity contribution in [2.45, 2.75) is 25.8 Å². The number of benzene rings is 1. The highest BCUT2D eigenvalue weighted by Gasteiger charge is 2.31. The molecule has 1 saturated heterocycles. The van der Waals surface area contributed by atoms with E-state index in [2.05, 4.69) is 29.7 Å². The van der Waals surface area contributed by atoms with Crippen molar-refractivity contribution in [2.75, 3.05) is 31.1 Å². The number of nitrogens with two attached hydrogens (primary N) is 1. The van der Waals surface area contributed by atoms with Crippen LogP contribution in [0.15, 0.2) is 35.4 Å². The van der Waals surface area contributed by atoms with Crippen LogP contribution in [-0.4, -0.2) is 57.1 Å². The highest BCUT2D eigenvalue weighted by molar-refractivity contribution is 5.84. The second-order valence-corrected chi connectivity index (χ2v) is 8.05. The summed E-state index contributed by atoms with van der Waals surface area (Å²) in [5, 5.41) is 0.573. The molecule has 3 N–H and O–H groups in total. The summed E-state index contributed by atoms with van der Waals surface area (Å²) in [6, 6.07) is 6.67. The van der Waals surface area contributed by atoms with Crippen molar-refractivity contribution in [2.24, 2.45) is 5.73 Å². The van der Waals surface area contributed by atoms with Gasteiger partial charge in [-0.3, -0.25) is 19.7 Å². The van der Waals surface area contributed by atoms with Gasteiger partial charge in [0, 0.05) is 44.1 Å². The van der Waals surface area contributed by atoms with Crippen LogP contribution in [0.25, 0.3) is 22.7 Å². The van der Waals surface area contributed by atoms with Crippen LogP contribution in [0.4, 0.5) is 5.69 Å². The molecule has 0 atom stereocenters. The molecule has 2 fully saturated rings. The van der Waals surface area contributed by atoms with Gasteiger partial charge >= 0.3 is 0 Å². The Morgan fingerprint density at radius 3 is 2.67 bits per heavy atom. The first-order valence-electron chi connectivity index (χ1n) is 10.4. The molecule has 8 heteroatoms. The van der Waals surface area contributed by atoms with E-state index in [1.165, 1.54) is 12.8 Å². The summed E-state index contributed by atoms with van der Waals surface area (Å²) < 4.78 is 0. The van der Waals surface area contributed by atoms with Gasteiger partial charge < -0.3 is 15.6 Å². The number of aromatic nitrogens is 4. The van der Waals surface area contributed by atoms with E-state index < -0.39 is 0 Å². The van der Waals surface area contributed by atoms with Crippen LogP contribution in [0.2, 0.25) is 0 Å². The second-order valence-electron chi connectivity index (χ2n) is 8.05. The zero-order chi connectivity index (χ0) is 20.7. The molecule has 30 heavy (non-hydrogen) atoms. The molecule has 2 aromatic heterocycles. The fourth-order valence-electron chi connectivity index (χ4n) is 3.95. The monoisotopic (exact) mass is 403 g/mol. The fraction of sp³-hybridized carbons (Fsp3) is 0.364. The number of piperazine rings is 1. The maximum absolute atomic E-state index is 12.8. The summed E-state index contributed by atoms with van der Waals surface area (Å²) in [4.78, 5) is 33.5. The van der Waals surface area contributed by atoms with Crippen molar-refractivity contribution in [1.82, 2.24) is 24.8 Å². The van der Waals surface area contributed by atoms with E-state index in [1.54, 1.807) is 18.5 Å². The third-order valence-corrected chi connectivity index (χ3v) is 5.81. The van der Waals surface area contributed by atoms with Gasteiger partial charge in [0.15, 0.2) is 5.82 Å². The quantitative estimate of drug-likeness (QED) is 0.684. The van der Waals surface area contributed by atoms with Crippen molar-refractivity contribution in [3.05, 3.63) is 58.2 Å². The Hall–Kier alpha value is -3.26. The summed E-state index contributed by atoms with van der Waals surface area (Å²) >= 11 is 0. The minimum Gasteiger partial charge on any atom is -0.396 e. The number of aromatic amines is 1. The predicted molar refractivity (Wildman–Crippen MR) is 118 cm³/mol. The van der Waals surface area contributed by atoms with Gasteiger partial charge in [0.05, 0.1) is 34.2 Å². The number of nitrogens with one attached hydrogen (secondary N) is 1. The lowest BCUT2D eigenvalue weighted by Gasteiger charge is -2.36. The lowest BCUT2D eigenvalue weighted by Crippen LogP contribution is -2.47. The van der Waals surface area contributed by atoms with Crippen molar-refractivity contribution < 1.29 is 0 Å². The first-order chi connectivity index (χ1) is 14.6. The molecule has 0 bridgehead atoms. The average Bonchev–Trinajstić information content (AvgIpc) is 3.61. The zero-order valence-electron chi connectivity index (χ0n) is 17.0. The van der Waals surface area contributed by atoms with E-state index >= 15 is 0 Å². The fourth-order valence-corrected chi connectivity index (χ4v) is 3.95. The van der Waals surface area contributed by atoms with Crippen LogP contribution >= 0.6 is 0 Å². The summed E-state index contributed by atoms with van der Waals surface area (Å²) in [6.07, 6.45) is 7.64. The van der Waals surface area contributed by atoms with E-state index in [9.17, 15) is 4.79 Å². The Kier molecular flexibility index (Phi) is 4.71. The number of H-pyrrole nitrogens is 1. The molecule has 8 nitrogen and oxygen atoms in total. The SMILES string of the molecule is Cc1cnc(C=C(N)c2nc3ccc(N4CCN(C5CC5)CC4)cc3c(=O)[nH]2)cn1. The Morgan fingerprint density at radius 1 is 1.17 bits per heavy atom. The van der Waals surface area contributed by atoms with Crippen LogP contribution in [0.3, 0.4) is 0 Å². The number of hydrogen-bond donors (Lipinski definition) is 2. The number of anilines is 1. The number of aryl methyl sites for hydroxylation is 1. The summed E-state index contributed by atoms with van der Waals surface area (Å²) in [5.74, 6) is 0.334. The Labute approximate surface area is 174 Å². The topological polar surface area (TPSA) is 104 Å². The highest BCUT2D eigenvalue weighted by Crippen LogP contribution is 2.29. The summed E-state index contributed by atoms with van der Waals surface area (Å²) in [7, 11) is 0. The standard InChI is InChI=1S/C22H25N7O/c1-14-12-25-15(13-24-14)10-19(23)21-26-20-5-4-17(11-18(20)22(30)27-21)29-8-6-28(7-9-29)16-2-3-16/h4-5,10-13,16H,2-3,6-9,23H2,1H3,(H,26,27,30). The van der Waals surface area contributed by atoms with Gasteiger partial charge in [-0.15, -0.1) is 0 Å². The molecule has 0 radical (unpaired) electrons. The molecular formula is C22H25N7O. The molecule has 5 rings (SSSR count). The molecule has 1 aromatic carbocycles. The van der Waals surface area contributed by atoms with Crippen LogP contribution in [0.1, 0.15) is 30.1 Å². The molecular weight excluding hydrogens is 378 g/mol. The molecule has 3 heterocycles. The van der Waals surface area contributed by atoms with E-state index in [-0.39, 0.29) is 5.56 Å². The van der Waals surface area contributed by atoms with E-state index in [1.807, 2.05) is 25.1 Å². The molecule has 3 aromatic rings. The lowest BCUT2D eigenvalue weighted by atomic mass is 10.2. The first kappa shape index (κ1) is 18.7. The molecule has 1 aliphatic heterocycles. The Bertz CT molecular complexity index is 1160. The van der Waals surface area contributed by atoms with Crippen molar-refractivity contribution in [3.8, 4) is 0 Å². The van der Waals surface area contributed by atoms with Crippen molar-refractivity contribution >= 4 is 28.4 Å². The average molecular weight is 403 g/mol. The number of rotatable bonds is 4. The van der Waals surface area contributed by atoms with Gasteiger partial charge in [-0.2, -0.15) is 0 Å². The summed E-state index contributed by atoms with van der Waals surface area (Å²) in [5.41, 5.74) is 9.44. The van der Waals surface area contributed by atoms with Crippen molar-refractivity contribution in [1.29, 1.82) is 0 Å². The van der Waals surface area contributed by atoms with Gasteiger partial charge in [-0.25, -0.2) is 4.98 Å². The molecule has 154 valence electrons. The van der Waals surface area contributed by atoms with Gasteiger partial charge in [-0.1, -0.05) is 0 Å². The lowest BCUT2D eigenvalue weighted by molar-refractivity contribution is 0.248. The minimum atomic E-state index is -0.195. The molecule has 1 aliphatic carbocycles. The summed E-state index contributed by atoms with van der Waals surface area (Å²) in [6.45, 7) is 6.00. The zero-order valence-corrected chi connectivity index (χ0v) is 17.0. The van der Waals surface area contributed by atoms with Gasteiger partial charge in [-0.05, 0) is 44.0 Å². The normalized spacial score (nSPS) is 18.2. The predicted octanol–water partition coefficient (Wildman–Crippen LogP) is 1.76. The largest absolute Gasteiger partial charge is 0.396 e. The molecule has 0 unspecified atom stereocenters. The maximum atomic E-state index is 12.8. The van der Waals surface area contributed by atoms with Crippen LogP contribution in [0.5, 0.6) is 0 Å². The second kappa shape index (κ2) is 7.53. The molecule has 0 amide bonds. The Balaban J connectivity index is 1.40. The van der Waals surface area contributed by atoms with Gasteiger partial charge in [0.2, 0.25) is 0 Å².